The molecular weight excluding hydrogens is 426 g/mol. The first-order chi connectivity index (χ1) is 14.4. The second kappa shape index (κ2) is 8.10. The van der Waals surface area contributed by atoms with E-state index in [1.54, 1.807) is 23.6 Å². The molecule has 0 aliphatic carbocycles. The fraction of sp³-hybridized carbons (Fsp3) is 0.200. The van der Waals surface area contributed by atoms with Crippen molar-refractivity contribution in [1.82, 2.24) is 24.5 Å². The van der Waals surface area contributed by atoms with Crippen LogP contribution in [0.3, 0.4) is 0 Å². The first kappa shape index (κ1) is 20.4. The van der Waals surface area contributed by atoms with Gasteiger partial charge in [-0.25, -0.2) is 13.1 Å². The summed E-state index contributed by atoms with van der Waals surface area (Å²) in [5, 5.41) is 9.69. The minimum atomic E-state index is -3.78. The van der Waals surface area contributed by atoms with E-state index in [9.17, 15) is 8.42 Å². The summed E-state index contributed by atoms with van der Waals surface area (Å²) in [6.07, 6.45) is 1.86. The van der Waals surface area contributed by atoms with Crippen LogP contribution in [-0.2, 0) is 16.6 Å². The largest absolute Gasteiger partial charge is 0.424 e. The highest BCUT2D eigenvalue weighted by molar-refractivity contribution is 7.89. The van der Waals surface area contributed by atoms with Crippen molar-refractivity contribution in [2.75, 3.05) is 0 Å². The van der Waals surface area contributed by atoms with Gasteiger partial charge in [0, 0.05) is 29.3 Å². The highest BCUT2D eigenvalue weighted by atomic mass is 35.5. The van der Waals surface area contributed by atoms with Gasteiger partial charge in [-0.3, -0.25) is 4.57 Å². The van der Waals surface area contributed by atoms with Crippen LogP contribution in [0.4, 0.5) is 0 Å². The Morgan fingerprint density at radius 3 is 2.80 bits per heavy atom. The van der Waals surface area contributed by atoms with Crippen molar-refractivity contribution in [3.05, 3.63) is 65.6 Å². The molecule has 0 amide bonds. The van der Waals surface area contributed by atoms with Crippen LogP contribution in [0.5, 0.6) is 11.8 Å². The summed E-state index contributed by atoms with van der Waals surface area (Å²) < 4.78 is 35.7. The second-order valence-corrected chi connectivity index (χ2v) is 8.86. The number of hydrogen-bond donors (Lipinski definition) is 2. The minimum Gasteiger partial charge on any atom is -0.424 e. The number of hydrogen-bond acceptors (Lipinski definition) is 5. The first-order valence-electron chi connectivity index (χ1n) is 9.33. The number of aromatic nitrogens is 4. The number of sulfonamides is 1. The van der Waals surface area contributed by atoms with Crippen molar-refractivity contribution in [2.45, 2.75) is 31.3 Å². The molecule has 2 heterocycles. The van der Waals surface area contributed by atoms with E-state index in [1.807, 2.05) is 37.4 Å². The second-order valence-electron chi connectivity index (χ2n) is 6.71. The van der Waals surface area contributed by atoms with Crippen molar-refractivity contribution in [3.63, 3.8) is 0 Å². The van der Waals surface area contributed by atoms with E-state index in [1.165, 1.54) is 12.1 Å². The van der Waals surface area contributed by atoms with Crippen LogP contribution in [-0.4, -0.2) is 28.2 Å². The predicted octanol–water partition coefficient (Wildman–Crippen LogP) is 4.26. The van der Waals surface area contributed by atoms with Crippen LogP contribution in [0, 0.1) is 0 Å². The van der Waals surface area contributed by atoms with E-state index in [2.05, 4.69) is 19.9 Å². The standard InChI is InChI=1S/C20H20ClN5O3S/c1-3-26-19(13(2)25-30(27,28)17-6-4-5-15(21)11-17)23-24-20(26)29-16-8-7-14-9-10-22-18(14)12-16/h4-13,22,25H,3H2,1-2H3/t13-/m1/s1. The average molecular weight is 446 g/mol. The molecule has 30 heavy (non-hydrogen) atoms. The molecule has 0 fully saturated rings. The molecule has 156 valence electrons. The lowest BCUT2D eigenvalue weighted by Crippen LogP contribution is -2.29. The van der Waals surface area contributed by atoms with Gasteiger partial charge in [0.15, 0.2) is 5.82 Å². The molecule has 2 aromatic carbocycles. The van der Waals surface area contributed by atoms with Crippen molar-refractivity contribution >= 4 is 32.5 Å². The van der Waals surface area contributed by atoms with Gasteiger partial charge in [0.1, 0.15) is 5.75 Å². The molecule has 0 unspecified atom stereocenters. The number of H-pyrrole nitrogens is 1. The van der Waals surface area contributed by atoms with E-state index >= 15 is 0 Å². The number of aromatic amines is 1. The molecule has 0 spiro atoms. The van der Waals surface area contributed by atoms with Crippen molar-refractivity contribution in [2.24, 2.45) is 0 Å². The molecule has 0 saturated heterocycles. The zero-order valence-electron chi connectivity index (χ0n) is 16.3. The Hall–Kier alpha value is -2.88. The molecule has 4 rings (SSSR count). The quantitative estimate of drug-likeness (QED) is 0.442. The highest BCUT2D eigenvalue weighted by Crippen LogP contribution is 2.26. The number of benzene rings is 2. The number of ether oxygens (including phenoxy) is 1. The third kappa shape index (κ3) is 4.04. The Balaban J connectivity index is 1.58. The van der Waals surface area contributed by atoms with Crippen LogP contribution in [0.15, 0.2) is 59.6 Å². The smallest absolute Gasteiger partial charge is 0.322 e. The van der Waals surface area contributed by atoms with Gasteiger partial charge in [0.05, 0.1) is 10.9 Å². The normalized spacial score (nSPS) is 12.9. The minimum absolute atomic E-state index is 0.0835. The van der Waals surface area contributed by atoms with Crippen LogP contribution in [0.1, 0.15) is 25.7 Å². The van der Waals surface area contributed by atoms with Gasteiger partial charge in [-0.15, -0.1) is 5.10 Å². The molecule has 8 nitrogen and oxygen atoms in total. The fourth-order valence-electron chi connectivity index (χ4n) is 3.18. The third-order valence-corrected chi connectivity index (χ3v) is 6.40. The van der Waals surface area contributed by atoms with Gasteiger partial charge in [-0.05, 0) is 55.6 Å². The zero-order chi connectivity index (χ0) is 21.3. The lowest BCUT2D eigenvalue weighted by molar-refractivity contribution is 0.408. The van der Waals surface area contributed by atoms with Gasteiger partial charge in [-0.2, -0.15) is 0 Å². The molecular formula is C20H20ClN5O3S. The van der Waals surface area contributed by atoms with E-state index < -0.39 is 16.1 Å². The van der Waals surface area contributed by atoms with Crippen molar-refractivity contribution in [1.29, 1.82) is 0 Å². The third-order valence-electron chi connectivity index (χ3n) is 4.62. The van der Waals surface area contributed by atoms with Gasteiger partial charge in [-0.1, -0.05) is 22.8 Å². The zero-order valence-corrected chi connectivity index (χ0v) is 17.9. The number of halogens is 1. The molecule has 0 saturated carbocycles. The monoisotopic (exact) mass is 445 g/mol. The molecule has 2 N–H and O–H groups in total. The maximum absolute atomic E-state index is 12.7. The number of fused-ring (bicyclic) bond motifs is 1. The molecule has 0 radical (unpaired) electrons. The van der Waals surface area contributed by atoms with E-state index in [4.69, 9.17) is 16.3 Å². The number of rotatable bonds is 7. The SMILES string of the molecule is CCn1c(Oc2ccc3cc[nH]c3c2)nnc1[C@@H](C)NS(=O)(=O)c1cccc(Cl)c1. The van der Waals surface area contributed by atoms with Crippen LogP contribution >= 0.6 is 11.6 Å². The highest BCUT2D eigenvalue weighted by Gasteiger charge is 2.24. The van der Waals surface area contributed by atoms with Gasteiger partial charge >= 0.3 is 6.01 Å². The summed E-state index contributed by atoms with van der Waals surface area (Å²) in [6.45, 7) is 4.12. The predicted molar refractivity (Wildman–Crippen MR) is 114 cm³/mol. The Morgan fingerprint density at radius 1 is 1.20 bits per heavy atom. The van der Waals surface area contributed by atoms with Crippen LogP contribution in [0.25, 0.3) is 10.9 Å². The summed E-state index contributed by atoms with van der Waals surface area (Å²) in [6, 6.07) is 13.4. The molecule has 0 aliphatic rings. The van der Waals surface area contributed by atoms with E-state index in [0.29, 0.717) is 23.1 Å². The van der Waals surface area contributed by atoms with Crippen molar-refractivity contribution < 1.29 is 13.2 Å². The Labute approximate surface area is 178 Å². The first-order valence-corrected chi connectivity index (χ1v) is 11.2. The molecule has 1 atom stereocenters. The molecule has 10 heteroatoms. The van der Waals surface area contributed by atoms with Crippen molar-refractivity contribution in [3.8, 4) is 11.8 Å². The topological polar surface area (TPSA) is 102 Å². The molecule has 2 aromatic heterocycles. The summed E-state index contributed by atoms with van der Waals surface area (Å²) in [4.78, 5) is 3.22. The fourth-order valence-corrected chi connectivity index (χ4v) is 4.68. The molecule has 4 aromatic rings. The van der Waals surface area contributed by atoms with Crippen LogP contribution in [0.2, 0.25) is 5.02 Å². The van der Waals surface area contributed by atoms with Gasteiger partial charge < -0.3 is 9.72 Å². The summed E-state index contributed by atoms with van der Waals surface area (Å²) in [5.74, 6) is 1.05. The molecule has 0 bridgehead atoms. The Kier molecular flexibility index (Phi) is 5.50. The number of nitrogens with one attached hydrogen (secondary N) is 2. The summed E-state index contributed by atoms with van der Waals surface area (Å²) in [7, 11) is -3.78. The van der Waals surface area contributed by atoms with Gasteiger partial charge in [0.2, 0.25) is 10.0 Å². The lowest BCUT2D eigenvalue weighted by Gasteiger charge is -2.15. The van der Waals surface area contributed by atoms with E-state index in [-0.39, 0.29) is 10.9 Å². The Morgan fingerprint density at radius 2 is 2.03 bits per heavy atom. The lowest BCUT2D eigenvalue weighted by atomic mass is 10.2. The maximum atomic E-state index is 12.7. The molecule has 0 aliphatic heterocycles. The van der Waals surface area contributed by atoms with Gasteiger partial charge in [0.25, 0.3) is 0 Å². The summed E-state index contributed by atoms with van der Waals surface area (Å²) >= 11 is 5.92. The number of nitrogens with zero attached hydrogens (tertiary/aromatic N) is 3. The van der Waals surface area contributed by atoms with Crippen LogP contribution < -0.4 is 9.46 Å². The maximum Gasteiger partial charge on any atom is 0.322 e. The Bertz CT molecular complexity index is 1300. The summed E-state index contributed by atoms with van der Waals surface area (Å²) in [5.41, 5.74) is 0.943. The van der Waals surface area contributed by atoms with E-state index in [0.717, 1.165) is 10.9 Å². The average Bonchev–Trinajstić information content (AvgIpc) is 3.34.